The van der Waals surface area contributed by atoms with E-state index in [1.165, 1.54) is 32.1 Å². The third kappa shape index (κ3) is 5.02. The van der Waals surface area contributed by atoms with Crippen LogP contribution in [0, 0.1) is 11.3 Å². The highest BCUT2D eigenvalue weighted by Crippen LogP contribution is 2.42. The van der Waals surface area contributed by atoms with Crippen LogP contribution in [-0.2, 0) is 10.2 Å². The van der Waals surface area contributed by atoms with Gasteiger partial charge in [0.1, 0.15) is 6.33 Å². The molecule has 1 unspecified atom stereocenters. The molecule has 0 spiro atoms. The molecule has 0 saturated carbocycles. The fraction of sp³-hybridized carbons (Fsp3) is 0.429. The number of rotatable bonds is 6. The summed E-state index contributed by atoms with van der Waals surface area (Å²) >= 11 is 0. The van der Waals surface area contributed by atoms with Crippen LogP contribution in [0.1, 0.15) is 76.7 Å². The lowest BCUT2D eigenvalue weighted by Gasteiger charge is -2.44. The van der Waals surface area contributed by atoms with Gasteiger partial charge in [0.2, 0.25) is 0 Å². The predicted molar refractivity (Wildman–Crippen MR) is 166 cm³/mol. The molecular weight excluding hydrogens is 494 g/mol. The number of ether oxygens (including phenoxy) is 1. The van der Waals surface area contributed by atoms with E-state index in [2.05, 4.69) is 81.3 Å². The lowest BCUT2D eigenvalue weighted by molar-refractivity contribution is 0.0601. The molecule has 40 heavy (non-hydrogen) atoms. The van der Waals surface area contributed by atoms with E-state index in [1.807, 2.05) is 36.7 Å². The largest absolute Gasteiger partial charge is 0.465 e. The maximum Gasteiger partial charge on any atom is 0.340 e. The third-order valence-electron chi connectivity index (χ3n) is 9.30. The second-order valence-electron chi connectivity index (χ2n) is 12.7. The highest BCUT2D eigenvalue weighted by molar-refractivity contribution is 6.02. The van der Waals surface area contributed by atoms with Gasteiger partial charge in [0.05, 0.1) is 29.4 Å². The van der Waals surface area contributed by atoms with Gasteiger partial charge in [0, 0.05) is 18.8 Å². The first kappa shape index (κ1) is 27.9. The molecule has 210 valence electrons. The molecule has 1 aliphatic heterocycles. The first-order valence-corrected chi connectivity index (χ1v) is 14.6. The number of aromatic nitrogens is 2. The molecule has 0 aliphatic carbocycles. The summed E-state index contributed by atoms with van der Waals surface area (Å²) in [6, 6.07) is 20.8. The summed E-state index contributed by atoms with van der Waals surface area (Å²) in [5.41, 5.74) is 7.59. The Morgan fingerprint density at radius 2 is 1.75 bits per heavy atom. The quantitative estimate of drug-likeness (QED) is 0.232. The summed E-state index contributed by atoms with van der Waals surface area (Å²) in [6.07, 6.45) is 5.47. The average Bonchev–Trinajstić information content (AvgIpc) is 3.39. The van der Waals surface area contributed by atoms with Crippen LogP contribution in [0.5, 0.6) is 0 Å². The predicted octanol–water partition coefficient (Wildman–Crippen LogP) is 8.43. The van der Waals surface area contributed by atoms with Crippen molar-refractivity contribution in [2.24, 2.45) is 11.3 Å². The Labute approximate surface area is 239 Å². The molecule has 1 fully saturated rings. The minimum absolute atomic E-state index is 0.213. The Morgan fingerprint density at radius 1 is 1.05 bits per heavy atom. The number of carbonyl (C=O) groups excluding carboxylic acids is 1. The van der Waals surface area contributed by atoms with Gasteiger partial charge >= 0.3 is 5.97 Å². The molecule has 4 aromatic rings. The van der Waals surface area contributed by atoms with Crippen molar-refractivity contribution in [1.82, 2.24) is 9.55 Å². The monoisotopic (exact) mass is 537 g/mol. The van der Waals surface area contributed by atoms with Gasteiger partial charge in [0.25, 0.3) is 0 Å². The molecule has 0 bridgehead atoms. The van der Waals surface area contributed by atoms with E-state index in [9.17, 15) is 4.79 Å². The van der Waals surface area contributed by atoms with E-state index in [0.29, 0.717) is 11.0 Å². The molecule has 5 nitrogen and oxygen atoms in total. The van der Waals surface area contributed by atoms with E-state index >= 15 is 0 Å². The van der Waals surface area contributed by atoms with Crippen LogP contribution in [0.2, 0.25) is 0 Å². The zero-order valence-electron chi connectivity index (χ0n) is 25.1. The van der Waals surface area contributed by atoms with Gasteiger partial charge in [0.15, 0.2) is 0 Å². The van der Waals surface area contributed by atoms with Gasteiger partial charge in [-0.15, -0.1) is 0 Å². The van der Waals surface area contributed by atoms with Gasteiger partial charge in [-0.1, -0.05) is 90.4 Å². The second kappa shape index (κ2) is 10.8. The van der Waals surface area contributed by atoms with E-state index in [1.54, 1.807) is 0 Å². The molecular formula is C35H43N3O2. The molecule has 0 amide bonds. The van der Waals surface area contributed by atoms with E-state index < -0.39 is 0 Å². The van der Waals surface area contributed by atoms with Gasteiger partial charge in [-0.05, 0) is 64.5 Å². The van der Waals surface area contributed by atoms with Crippen LogP contribution in [-0.4, -0.2) is 35.7 Å². The lowest BCUT2D eigenvalue weighted by Crippen LogP contribution is -2.41. The topological polar surface area (TPSA) is 47.4 Å². The van der Waals surface area contributed by atoms with E-state index in [-0.39, 0.29) is 11.4 Å². The van der Waals surface area contributed by atoms with Crippen molar-refractivity contribution < 1.29 is 9.53 Å². The van der Waals surface area contributed by atoms with Crippen molar-refractivity contribution in [3.63, 3.8) is 0 Å². The molecule has 1 aromatic heterocycles. The van der Waals surface area contributed by atoms with Crippen molar-refractivity contribution in [3.05, 3.63) is 78.1 Å². The SMILES string of the molecule is CCC(C)C1(C)CCN(c2ccc3ncn(-c4c(C(C)(C)C)ccc(-c5ccccc5)c4C(=O)OC)c3c2)CC1. The number of hydrogen-bond donors (Lipinski definition) is 0. The minimum Gasteiger partial charge on any atom is -0.465 e. The molecule has 0 N–H and O–H groups in total. The summed E-state index contributed by atoms with van der Waals surface area (Å²) in [4.78, 5) is 20.8. The van der Waals surface area contributed by atoms with Crippen LogP contribution < -0.4 is 4.90 Å². The number of hydrogen-bond acceptors (Lipinski definition) is 4. The molecule has 3 aromatic carbocycles. The van der Waals surface area contributed by atoms with Gasteiger partial charge < -0.3 is 9.64 Å². The zero-order valence-corrected chi connectivity index (χ0v) is 25.1. The van der Waals surface area contributed by atoms with Crippen LogP contribution in [0.3, 0.4) is 0 Å². The van der Waals surface area contributed by atoms with Crippen molar-refractivity contribution in [3.8, 4) is 16.8 Å². The van der Waals surface area contributed by atoms with Crippen molar-refractivity contribution in [2.45, 2.75) is 66.2 Å². The molecule has 1 aliphatic rings. The Balaban J connectivity index is 1.67. The van der Waals surface area contributed by atoms with Crippen LogP contribution in [0.4, 0.5) is 5.69 Å². The number of methoxy groups -OCH3 is 1. The van der Waals surface area contributed by atoms with Gasteiger partial charge in [-0.25, -0.2) is 9.78 Å². The third-order valence-corrected chi connectivity index (χ3v) is 9.30. The Morgan fingerprint density at radius 3 is 2.38 bits per heavy atom. The Hall–Kier alpha value is -3.60. The summed E-state index contributed by atoms with van der Waals surface area (Å²) in [6.45, 7) is 15.8. The first-order valence-electron chi connectivity index (χ1n) is 14.6. The number of fused-ring (bicyclic) bond motifs is 1. The smallest absolute Gasteiger partial charge is 0.340 e. The summed E-state index contributed by atoms with van der Waals surface area (Å²) in [5.74, 6) is 0.376. The van der Waals surface area contributed by atoms with E-state index in [4.69, 9.17) is 9.72 Å². The standard InChI is InChI=1S/C35H43N3O2/c1-8-24(2)35(6)18-20-37(21-19-35)26-14-17-29-30(22-26)38(23-36-29)32-28(34(3,4)5)16-15-27(31(32)33(39)40-7)25-12-10-9-11-13-25/h9-17,22-24H,8,18-21H2,1-7H3. The maximum absolute atomic E-state index is 13.5. The number of nitrogens with zero attached hydrogens (tertiary/aromatic N) is 3. The molecule has 1 saturated heterocycles. The van der Waals surface area contributed by atoms with Crippen LogP contribution >= 0.6 is 0 Å². The highest BCUT2D eigenvalue weighted by Gasteiger charge is 2.34. The maximum atomic E-state index is 13.5. The van der Waals surface area contributed by atoms with Crippen molar-refractivity contribution in [2.75, 3.05) is 25.1 Å². The fourth-order valence-corrected chi connectivity index (χ4v) is 6.25. The first-order chi connectivity index (χ1) is 19.1. The molecule has 5 heteroatoms. The highest BCUT2D eigenvalue weighted by atomic mass is 16.5. The Kier molecular flexibility index (Phi) is 7.52. The molecule has 5 rings (SSSR count). The molecule has 1 atom stereocenters. The molecule has 0 radical (unpaired) electrons. The van der Waals surface area contributed by atoms with Gasteiger partial charge in [-0.3, -0.25) is 4.57 Å². The zero-order chi connectivity index (χ0) is 28.7. The average molecular weight is 538 g/mol. The number of carbonyl (C=O) groups is 1. The normalized spacial score (nSPS) is 16.2. The summed E-state index contributed by atoms with van der Waals surface area (Å²) < 4.78 is 7.51. The lowest BCUT2D eigenvalue weighted by atomic mass is 9.70. The second-order valence-corrected chi connectivity index (χ2v) is 12.7. The van der Waals surface area contributed by atoms with E-state index in [0.717, 1.165) is 52.4 Å². The van der Waals surface area contributed by atoms with Gasteiger partial charge in [-0.2, -0.15) is 0 Å². The van der Waals surface area contributed by atoms with Crippen molar-refractivity contribution >= 4 is 22.7 Å². The number of benzene rings is 3. The number of esters is 1. The summed E-state index contributed by atoms with van der Waals surface area (Å²) in [5, 5.41) is 0. The molecule has 2 heterocycles. The summed E-state index contributed by atoms with van der Waals surface area (Å²) in [7, 11) is 1.46. The van der Waals surface area contributed by atoms with Crippen molar-refractivity contribution in [1.29, 1.82) is 0 Å². The number of anilines is 1. The number of imidazole rings is 1. The fourth-order valence-electron chi connectivity index (χ4n) is 6.25. The number of piperidine rings is 1. The Bertz CT molecular complexity index is 1510. The van der Waals surface area contributed by atoms with Crippen LogP contribution in [0.25, 0.3) is 27.8 Å². The van der Waals surface area contributed by atoms with Crippen LogP contribution in [0.15, 0.2) is 67.0 Å². The minimum atomic E-state index is -0.349.